The molecule has 1 fully saturated rings. The van der Waals surface area contributed by atoms with Gasteiger partial charge in [0.25, 0.3) is 0 Å². The molecule has 0 amide bonds. The molecule has 0 aromatic carbocycles. The Kier molecular flexibility index (Phi) is 4.63. The fourth-order valence-corrected chi connectivity index (χ4v) is 2.45. The molecular weight excluding hydrogens is 212 g/mol. The van der Waals surface area contributed by atoms with Gasteiger partial charge in [0, 0.05) is 38.2 Å². The Labute approximate surface area is 104 Å². The lowest BCUT2D eigenvalue weighted by Crippen LogP contribution is -2.20. The van der Waals surface area contributed by atoms with Crippen molar-refractivity contribution in [3.05, 3.63) is 23.5 Å². The Hall–Kier alpha value is -0.800. The summed E-state index contributed by atoms with van der Waals surface area (Å²) in [6.45, 7) is 9.43. The number of hydrogen-bond donors (Lipinski definition) is 1. The summed E-state index contributed by atoms with van der Waals surface area (Å²) in [5, 5.41) is 3.39. The second-order valence-electron chi connectivity index (χ2n) is 4.91. The summed E-state index contributed by atoms with van der Waals surface area (Å²) in [5.41, 5.74) is 2.84. The van der Waals surface area contributed by atoms with Crippen LogP contribution in [0.25, 0.3) is 0 Å². The van der Waals surface area contributed by atoms with Crippen LogP contribution >= 0.6 is 0 Å². The van der Waals surface area contributed by atoms with Crippen LogP contribution in [-0.2, 0) is 17.8 Å². The molecule has 2 rings (SSSR count). The molecule has 0 atom stereocenters. The maximum atomic E-state index is 5.41. The maximum Gasteiger partial charge on any atom is 0.0469 e. The third kappa shape index (κ3) is 3.33. The molecule has 0 bridgehead atoms. The van der Waals surface area contributed by atoms with Crippen molar-refractivity contribution >= 4 is 0 Å². The summed E-state index contributed by atoms with van der Waals surface area (Å²) in [5.74, 6) is 0.793. The Bertz CT molecular complexity index is 340. The van der Waals surface area contributed by atoms with E-state index in [9.17, 15) is 0 Å². The van der Waals surface area contributed by atoms with Crippen molar-refractivity contribution < 1.29 is 4.74 Å². The SMILES string of the molecule is CCNCc1ccn(CC2CCOCC2)c1C. The zero-order chi connectivity index (χ0) is 12.1. The average Bonchev–Trinajstić information content (AvgIpc) is 2.70. The Morgan fingerprint density at radius 1 is 1.41 bits per heavy atom. The van der Waals surface area contributed by atoms with Crippen LogP contribution in [0.3, 0.4) is 0 Å². The van der Waals surface area contributed by atoms with E-state index >= 15 is 0 Å². The van der Waals surface area contributed by atoms with E-state index in [4.69, 9.17) is 4.74 Å². The summed E-state index contributed by atoms with van der Waals surface area (Å²) in [4.78, 5) is 0. The van der Waals surface area contributed by atoms with Gasteiger partial charge in [-0.1, -0.05) is 6.92 Å². The van der Waals surface area contributed by atoms with Gasteiger partial charge in [0.2, 0.25) is 0 Å². The highest BCUT2D eigenvalue weighted by atomic mass is 16.5. The number of rotatable bonds is 5. The quantitative estimate of drug-likeness (QED) is 0.849. The van der Waals surface area contributed by atoms with Gasteiger partial charge >= 0.3 is 0 Å². The zero-order valence-electron chi connectivity index (χ0n) is 11.0. The third-order valence-corrected chi connectivity index (χ3v) is 3.71. The van der Waals surface area contributed by atoms with Gasteiger partial charge < -0.3 is 14.6 Å². The van der Waals surface area contributed by atoms with Crippen molar-refractivity contribution in [2.24, 2.45) is 5.92 Å². The van der Waals surface area contributed by atoms with Crippen LogP contribution in [0.15, 0.2) is 12.3 Å². The fourth-order valence-electron chi connectivity index (χ4n) is 2.45. The van der Waals surface area contributed by atoms with Gasteiger partial charge in [-0.3, -0.25) is 0 Å². The molecule has 96 valence electrons. The van der Waals surface area contributed by atoms with Crippen molar-refractivity contribution in [3.8, 4) is 0 Å². The molecule has 1 aromatic rings. The second-order valence-corrected chi connectivity index (χ2v) is 4.91. The highest BCUT2D eigenvalue weighted by Gasteiger charge is 2.15. The van der Waals surface area contributed by atoms with Crippen molar-refractivity contribution in [2.75, 3.05) is 19.8 Å². The van der Waals surface area contributed by atoms with Gasteiger partial charge in [0.15, 0.2) is 0 Å². The lowest BCUT2D eigenvalue weighted by atomic mass is 10.0. The molecule has 2 heterocycles. The van der Waals surface area contributed by atoms with E-state index in [2.05, 4.69) is 36.0 Å². The van der Waals surface area contributed by atoms with E-state index in [1.807, 2.05) is 0 Å². The number of ether oxygens (including phenoxy) is 1. The minimum absolute atomic E-state index is 0.793. The van der Waals surface area contributed by atoms with Crippen LogP contribution in [0.2, 0.25) is 0 Å². The number of aromatic nitrogens is 1. The first-order valence-electron chi connectivity index (χ1n) is 6.74. The minimum atomic E-state index is 0.793. The van der Waals surface area contributed by atoms with E-state index in [0.717, 1.165) is 38.8 Å². The first kappa shape index (κ1) is 12.7. The lowest BCUT2D eigenvalue weighted by molar-refractivity contribution is 0.0611. The van der Waals surface area contributed by atoms with Gasteiger partial charge in [-0.15, -0.1) is 0 Å². The summed E-state index contributed by atoms with van der Waals surface area (Å²) >= 11 is 0. The van der Waals surface area contributed by atoms with Crippen LogP contribution in [0.1, 0.15) is 31.0 Å². The van der Waals surface area contributed by atoms with Gasteiger partial charge in [-0.05, 0) is 43.9 Å². The van der Waals surface area contributed by atoms with E-state index in [1.165, 1.54) is 24.1 Å². The van der Waals surface area contributed by atoms with Gasteiger partial charge in [-0.25, -0.2) is 0 Å². The molecule has 0 aliphatic carbocycles. The predicted octanol–water partition coefficient (Wildman–Crippen LogP) is 2.33. The van der Waals surface area contributed by atoms with E-state index < -0.39 is 0 Å². The normalized spacial score (nSPS) is 17.5. The standard InChI is InChI=1S/C14H24N2O/c1-3-15-10-14-4-7-16(12(14)2)11-13-5-8-17-9-6-13/h4,7,13,15H,3,5-6,8-11H2,1-2H3. The largest absolute Gasteiger partial charge is 0.381 e. The van der Waals surface area contributed by atoms with Crippen LogP contribution < -0.4 is 5.32 Å². The molecule has 1 aromatic heterocycles. The Balaban J connectivity index is 1.93. The van der Waals surface area contributed by atoms with Crippen LogP contribution in [0.5, 0.6) is 0 Å². The summed E-state index contributed by atoms with van der Waals surface area (Å²) in [7, 11) is 0. The molecule has 0 radical (unpaired) electrons. The Morgan fingerprint density at radius 3 is 2.88 bits per heavy atom. The molecular formula is C14H24N2O. The summed E-state index contributed by atoms with van der Waals surface area (Å²) < 4.78 is 7.81. The minimum Gasteiger partial charge on any atom is -0.381 e. The van der Waals surface area contributed by atoms with Gasteiger partial charge in [0.1, 0.15) is 0 Å². The molecule has 0 spiro atoms. The van der Waals surface area contributed by atoms with E-state index in [0.29, 0.717) is 0 Å². The predicted molar refractivity (Wildman–Crippen MR) is 70.1 cm³/mol. The number of nitrogens with one attached hydrogen (secondary N) is 1. The topological polar surface area (TPSA) is 26.2 Å². The Morgan fingerprint density at radius 2 is 2.18 bits per heavy atom. The van der Waals surface area contributed by atoms with Gasteiger partial charge in [-0.2, -0.15) is 0 Å². The van der Waals surface area contributed by atoms with Crippen LogP contribution in [0.4, 0.5) is 0 Å². The van der Waals surface area contributed by atoms with Crippen molar-refractivity contribution in [1.29, 1.82) is 0 Å². The molecule has 1 aliphatic rings. The van der Waals surface area contributed by atoms with Crippen molar-refractivity contribution in [1.82, 2.24) is 9.88 Å². The zero-order valence-corrected chi connectivity index (χ0v) is 11.0. The highest BCUT2D eigenvalue weighted by molar-refractivity contribution is 5.20. The monoisotopic (exact) mass is 236 g/mol. The maximum absolute atomic E-state index is 5.41. The molecule has 17 heavy (non-hydrogen) atoms. The molecule has 0 unspecified atom stereocenters. The van der Waals surface area contributed by atoms with Crippen molar-refractivity contribution in [2.45, 2.75) is 39.8 Å². The molecule has 0 saturated carbocycles. The highest BCUT2D eigenvalue weighted by Crippen LogP contribution is 2.19. The lowest BCUT2D eigenvalue weighted by Gasteiger charge is -2.23. The average molecular weight is 236 g/mol. The number of hydrogen-bond acceptors (Lipinski definition) is 2. The smallest absolute Gasteiger partial charge is 0.0469 e. The van der Waals surface area contributed by atoms with E-state index in [-0.39, 0.29) is 0 Å². The van der Waals surface area contributed by atoms with E-state index in [1.54, 1.807) is 0 Å². The molecule has 1 N–H and O–H groups in total. The summed E-state index contributed by atoms with van der Waals surface area (Å²) in [6.07, 6.45) is 4.65. The van der Waals surface area contributed by atoms with Crippen LogP contribution in [0, 0.1) is 12.8 Å². The van der Waals surface area contributed by atoms with Gasteiger partial charge in [0.05, 0.1) is 0 Å². The van der Waals surface area contributed by atoms with Crippen LogP contribution in [-0.4, -0.2) is 24.3 Å². The molecule has 3 heteroatoms. The first-order chi connectivity index (χ1) is 8.31. The molecule has 1 saturated heterocycles. The second kappa shape index (κ2) is 6.22. The third-order valence-electron chi connectivity index (χ3n) is 3.71. The molecule has 3 nitrogen and oxygen atoms in total. The number of nitrogens with zero attached hydrogens (tertiary/aromatic N) is 1. The summed E-state index contributed by atoms with van der Waals surface area (Å²) in [6, 6.07) is 2.25. The fraction of sp³-hybridized carbons (Fsp3) is 0.714. The van der Waals surface area contributed by atoms with Crippen molar-refractivity contribution in [3.63, 3.8) is 0 Å². The first-order valence-corrected chi connectivity index (χ1v) is 6.74. The molecule has 1 aliphatic heterocycles.